The van der Waals surface area contributed by atoms with Crippen molar-refractivity contribution < 1.29 is 0 Å². The standard InChI is InChI=1S/C44H28N2/c1-28-31-19-8-9-20-32(31)33-24-14-25-37(41(28)33)40-27-38-43(46(40)30-17-6-3-7-18-30)35-22-11-10-21-34(35)42-36-23-12-13-26-39(36)45(44(38)42)29-15-4-2-5-16-29/h2-27H,1H2. The predicted octanol–water partition coefficient (Wildman–Crippen LogP) is 11.6. The summed E-state index contributed by atoms with van der Waals surface area (Å²) in [6, 6.07) is 57.2. The number of nitrogens with zero attached hydrogens (tertiary/aromatic N) is 2. The molecule has 2 heterocycles. The molecule has 0 saturated heterocycles. The monoisotopic (exact) mass is 584 g/mol. The zero-order chi connectivity index (χ0) is 30.4. The highest BCUT2D eigenvalue weighted by atomic mass is 15.0. The van der Waals surface area contributed by atoms with Gasteiger partial charge in [-0.1, -0.05) is 128 Å². The second kappa shape index (κ2) is 9.44. The molecule has 2 aromatic heterocycles. The molecule has 7 aromatic carbocycles. The van der Waals surface area contributed by atoms with Crippen LogP contribution < -0.4 is 0 Å². The quantitative estimate of drug-likeness (QED) is 0.195. The Labute approximate surface area is 266 Å². The van der Waals surface area contributed by atoms with Crippen molar-refractivity contribution >= 4 is 49.1 Å². The lowest BCUT2D eigenvalue weighted by Gasteiger charge is -2.16. The minimum atomic E-state index is 1.08. The van der Waals surface area contributed by atoms with Crippen LogP contribution in [0.2, 0.25) is 0 Å². The smallest absolute Gasteiger partial charge is 0.0641 e. The van der Waals surface area contributed by atoms with Crippen molar-refractivity contribution in [2.45, 2.75) is 0 Å². The Morgan fingerprint density at radius 2 is 0.957 bits per heavy atom. The number of hydrogen-bond acceptors (Lipinski definition) is 0. The zero-order valence-electron chi connectivity index (χ0n) is 25.1. The highest BCUT2D eigenvalue weighted by molar-refractivity contribution is 6.32. The van der Waals surface area contributed by atoms with E-state index in [0.29, 0.717) is 0 Å². The molecule has 0 unspecified atom stereocenters. The summed E-state index contributed by atoms with van der Waals surface area (Å²) < 4.78 is 4.94. The lowest BCUT2D eigenvalue weighted by molar-refractivity contribution is 1.14. The topological polar surface area (TPSA) is 9.86 Å². The summed E-state index contributed by atoms with van der Waals surface area (Å²) in [5.74, 6) is 0. The molecule has 0 aliphatic heterocycles. The van der Waals surface area contributed by atoms with E-state index in [1.54, 1.807) is 0 Å². The largest absolute Gasteiger partial charge is 0.309 e. The van der Waals surface area contributed by atoms with Crippen LogP contribution in [0, 0.1) is 0 Å². The summed E-state index contributed by atoms with van der Waals surface area (Å²) in [6.45, 7) is 4.65. The fraction of sp³-hybridized carbons (Fsp3) is 0. The SMILES string of the molecule is C=C1c2ccccc2-c2cccc(-c3cc4c(c5ccccc5c5c6ccccc6n(-c6ccccc6)c45)n3-c3ccccc3)c21. The predicted molar refractivity (Wildman–Crippen MR) is 194 cm³/mol. The van der Waals surface area contributed by atoms with Gasteiger partial charge in [-0.05, 0) is 69.6 Å². The van der Waals surface area contributed by atoms with Gasteiger partial charge in [-0.2, -0.15) is 0 Å². The summed E-state index contributed by atoms with van der Waals surface area (Å²) in [6.07, 6.45) is 0. The summed E-state index contributed by atoms with van der Waals surface area (Å²) >= 11 is 0. The van der Waals surface area contributed by atoms with Crippen LogP contribution in [0.15, 0.2) is 164 Å². The van der Waals surface area contributed by atoms with E-state index in [-0.39, 0.29) is 0 Å². The molecule has 0 spiro atoms. The van der Waals surface area contributed by atoms with Gasteiger partial charge in [0, 0.05) is 38.5 Å². The molecule has 2 heteroatoms. The number of aromatic nitrogens is 2. The van der Waals surface area contributed by atoms with Gasteiger partial charge >= 0.3 is 0 Å². The molecule has 0 saturated carbocycles. The van der Waals surface area contributed by atoms with E-state index in [1.807, 2.05) is 0 Å². The average molecular weight is 585 g/mol. The second-order valence-electron chi connectivity index (χ2n) is 12.2. The summed E-state index contributed by atoms with van der Waals surface area (Å²) in [4.78, 5) is 0. The lowest BCUT2D eigenvalue weighted by Crippen LogP contribution is -1.99. The van der Waals surface area contributed by atoms with Crippen molar-refractivity contribution in [3.8, 4) is 33.8 Å². The molecule has 0 fully saturated rings. The van der Waals surface area contributed by atoms with Crippen molar-refractivity contribution in [3.05, 3.63) is 175 Å². The average Bonchev–Trinajstić information content (AvgIpc) is 3.78. The maximum absolute atomic E-state index is 4.65. The van der Waals surface area contributed by atoms with E-state index in [0.717, 1.165) is 22.6 Å². The van der Waals surface area contributed by atoms with E-state index in [9.17, 15) is 0 Å². The van der Waals surface area contributed by atoms with Crippen molar-refractivity contribution in [1.29, 1.82) is 0 Å². The van der Waals surface area contributed by atoms with Gasteiger partial charge in [0.05, 0.1) is 22.2 Å². The van der Waals surface area contributed by atoms with Crippen LogP contribution in [0.4, 0.5) is 0 Å². The Hall–Kier alpha value is -6.12. The maximum Gasteiger partial charge on any atom is 0.0641 e. The molecule has 214 valence electrons. The van der Waals surface area contributed by atoms with Gasteiger partial charge in [-0.15, -0.1) is 0 Å². The summed E-state index contributed by atoms with van der Waals surface area (Å²) in [5, 5.41) is 6.28. The van der Waals surface area contributed by atoms with Gasteiger partial charge in [-0.3, -0.25) is 0 Å². The van der Waals surface area contributed by atoms with E-state index >= 15 is 0 Å². The number of rotatable bonds is 3. The summed E-state index contributed by atoms with van der Waals surface area (Å²) in [5.41, 5.74) is 14.3. The molecule has 1 aliphatic carbocycles. The highest BCUT2D eigenvalue weighted by Gasteiger charge is 2.28. The maximum atomic E-state index is 4.65. The molecule has 0 atom stereocenters. The summed E-state index contributed by atoms with van der Waals surface area (Å²) in [7, 11) is 0. The minimum absolute atomic E-state index is 1.08. The molecule has 0 amide bonds. The van der Waals surface area contributed by atoms with Crippen LogP contribution in [-0.2, 0) is 0 Å². The highest BCUT2D eigenvalue weighted by Crippen LogP contribution is 2.50. The Kier molecular flexibility index (Phi) is 5.18. The van der Waals surface area contributed by atoms with Crippen LogP contribution in [-0.4, -0.2) is 9.13 Å². The van der Waals surface area contributed by atoms with Gasteiger partial charge in [0.2, 0.25) is 0 Å². The Morgan fingerprint density at radius 3 is 1.72 bits per heavy atom. The molecule has 2 nitrogen and oxygen atoms in total. The van der Waals surface area contributed by atoms with Crippen LogP contribution in [0.3, 0.4) is 0 Å². The molecule has 0 bridgehead atoms. The first-order valence-electron chi connectivity index (χ1n) is 15.8. The first kappa shape index (κ1) is 25.2. The van der Waals surface area contributed by atoms with E-state index < -0.39 is 0 Å². The molecule has 9 aromatic rings. The van der Waals surface area contributed by atoms with Crippen molar-refractivity contribution in [3.63, 3.8) is 0 Å². The normalized spacial score (nSPS) is 12.4. The molecule has 46 heavy (non-hydrogen) atoms. The van der Waals surface area contributed by atoms with Crippen LogP contribution in [0.25, 0.3) is 82.8 Å². The first-order valence-corrected chi connectivity index (χ1v) is 15.8. The fourth-order valence-corrected chi connectivity index (χ4v) is 7.95. The van der Waals surface area contributed by atoms with Gasteiger partial charge < -0.3 is 9.13 Å². The first-order chi connectivity index (χ1) is 22.8. The Morgan fingerprint density at radius 1 is 0.391 bits per heavy atom. The third-order valence-corrected chi connectivity index (χ3v) is 9.80. The van der Waals surface area contributed by atoms with Crippen molar-refractivity contribution in [1.82, 2.24) is 9.13 Å². The van der Waals surface area contributed by atoms with E-state index in [2.05, 4.69) is 173 Å². The number of benzene rings is 7. The van der Waals surface area contributed by atoms with Crippen molar-refractivity contribution in [2.24, 2.45) is 0 Å². The Bertz CT molecular complexity index is 2690. The van der Waals surface area contributed by atoms with Crippen LogP contribution in [0.1, 0.15) is 11.1 Å². The van der Waals surface area contributed by atoms with Crippen molar-refractivity contribution in [2.75, 3.05) is 0 Å². The third kappa shape index (κ3) is 3.30. The molecule has 0 radical (unpaired) electrons. The number of fused-ring (bicyclic) bond motifs is 11. The molecular formula is C44H28N2. The molecule has 1 aliphatic rings. The van der Waals surface area contributed by atoms with E-state index in [1.165, 1.54) is 71.3 Å². The fourth-order valence-electron chi connectivity index (χ4n) is 7.95. The third-order valence-electron chi connectivity index (χ3n) is 9.80. The van der Waals surface area contributed by atoms with E-state index in [4.69, 9.17) is 0 Å². The van der Waals surface area contributed by atoms with Crippen LogP contribution in [0.5, 0.6) is 0 Å². The molecule has 10 rings (SSSR count). The van der Waals surface area contributed by atoms with Gasteiger partial charge in [0.25, 0.3) is 0 Å². The number of hydrogen-bond donors (Lipinski definition) is 0. The second-order valence-corrected chi connectivity index (χ2v) is 12.2. The minimum Gasteiger partial charge on any atom is -0.309 e. The van der Waals surface area contributed by atoms with Gasteiger partial charge in [0.1, 0.15) is 0 Å². The lowest BCUT2D eigenvalue weighted by atomic mass is 9.96. The van der Waals surface area contributed by atoms with Gasteiger partial charge in [-0.25, -0.2) is 0 Å². The Balaban J connectivity index is 1.45. The zero-order valence-corrected chi connectivity index (χ0v) is 25.1. The van der Waals surface area contributed by atoms with Gasteiger partial charge in [0.15, 0.2) is 0 Å². The molecular weight excluding hydrogens is 556 g/mol. The number of para-hydroxylation sites is 3. The molecule has 0 N–H and O–H groups in total. The van der Waals surface area contributed by atoms with Crippen LogP contribution >= 0.6 is 0 Å².